The molecule has 0 aromatic carbocycles. The molecule has 0 bridgehead atoms. The lowest BCUT2D eigenvalue weighted by Crippen LogP contribution is -2.41. The maximum Gasteiger partial charge on any atom is 0.234 e. The van der Waals surface area contributed by atoms with E-state index in [1.54, 1.807) is 6.26 Å². The number of carbonyl (C=O) groups is 1. The Balaban J connectivity index is 1.69. The summed E-state index contributed by atoms with van der Waals surface area (Å²) >= 11 is 0. The van der Waals surface area contributed by atoms with E-state index < -0.39 is 0 Å². The average Bonchev–Trinajstić information content (AvgIpc) is 2.99. The fourth-order valence-electron chi connectivity index (χ4n) is 2.59. The molecule has 1 saturated heterocycles. The van der Waals surface area contributed by atoms with Crippen LogP contribution in [0.5, 0.6) is 0 Å². The summed E-state index contributed by atoms with van der Waals surface area (Å²) in [7, 11) is 0. The molecule has 0 aliphatic carbocycles. The molecule has 1 aliphatic heterocycles. The second-order valence-electron chi connectivity index (χ2n) is 5.38. The van der Waals surface area contributed by atoms with Gasteiger partial charge in [-0.25, -0.2) is 0 Å². The van der Waals surface area contributed by atoms with Crippen LogP contribution >= 0.6 is 0 Å². The number of piperidine rings is 1. The zero-order chi connectivity index (χ0) is 14.2. The molecule has 0 radical (unpaired) electrons. The molecule has 1 aromatic rings. The van der Waals surface area contributed by atoms with E-state index in [1.165, 1.54) is 12.8 Å². The second kappa shape index (κ2) is 8.07. The Hall–Kier alpha value is -1.33. The van der Waals surface area contributed by atoms with Crippen molar-refractivity contribution in [2.45, 2.75) is 26.3 Å². The standard InChI is InChI=1S/C15H25N3O2/c1-2-18(11-13-5-7-16-8-6-13)12-15(19)17-10-14-4-3-9-20-14/h3-4,9,13,16H,2,5-8,10-12H2,1H3,(H,17,19). The smallest absolute Gasteiger partial charge is 0.234 e. The predicted molar refractivity (Wildman–Crippen MR) is 78.3 cm³/mol. The first-order valence-electron chi connectivity index (χ1n) is 7.50. The van der Waals surface area contributed by atoms with Gasteiger partial charge in [-0.2, -0.15) is 0 Å². The first kappa shape index (κ1) is 15.1. The molecule has 1 aliphatic rings. The number of amides is 1. The van der Waals surface area contributed by atoms with Crippen LogP contribution in [-0.4, -0.2) is 43.5 Å². The molecule has 20 heavy (non-hydrogen) atoms. The maximum absolute atomic E-state index is 11.9. The van der Waals surface area contributed by atoms with E-state index in [0.29, 0.717) is 19.0 Å². The highest BCUT2D eigenvalue weighted by Crippen LogP contribution is 2.13. The highest BCUT2D eigenvalue weighted by Gasteiger charge is 2.17. The van der Waals surface area contributed by atoms with Gasteiger partial charge in [-0.15, -0.1) is 0 Å². The minimum atomic E-state index is 0.0668. The molecular formula is C15H25N3O2. The van der Waals surface area contributed by atoms with E-state index in [9.17, 15) is 4.79 Å². The zero-order valence-electron chi connectivity index (χ0n) is 12.2. The van der Waals surface area contributed by atoms with Crippen LogP contribution in [0.1, 0.15) is 25.5 Å². The van der Waals surface area contributed by atoms with Crippen LogP contribution in [0, 0.1) is 5.92 Å². The van der Waals surface area contributed by atoms with Crippen LogP contribution < -0.4 is 10.6 Å². The molecule has 1 fully saturated rings. The van der Waals surface area contributed by atoms with Gasteiger partial charge in [-0.1, -0.05) is 6.92 Å². The van der Waals surface area contributed by atoms with Crippen molar-refractivity contribution in [2.24, 2.45) is 5.92 Å². The minimum Gasteiger partial charge on any atom is -0.467 e. The zero-order valence-corrected chi connectivity index (χ0v) is 12.2. The minimum absolute atomic E-state index is 0.0668. The van der Waals surface area contributed by atoms with Crippen LogP contribution in [0.2, 0.25) is 0 Å². The van der Waals surface area contributed by atoms with Crippen molar-refractivity contribution in [1.82, 2.24) is 15.5 Å². The van der Waals surface area contributed by atoms with E-state index in [2.05, 4.69) is 22.5 Å². The SMILES string of the molecule is CCN(CC(=O)NCc1ccco1)CC1CCNCC1. The van der Waals surface area contributed by atoms with Crippen LogP contribution in [0.4, 0.5) is 0 Å². The summed E-state index contributed by atoms with van der Waals surface area (Å²) in [5, 5.41) is 6.27. The van der Waals surface area contributed by atoms with Gasteiger partial charge >= 0.3 is 0 Å². The summed E-state index contributed by atoms with van der Waals surface area (Å²) < 4.78 is 5.20. The Bertz CT molecular complexity index is 386. The van der Waals surface area contributed by atoms with Gasteiger partial charge in [0.1, 0.15) is 5.76 Å². The topological polar surface area (TPSA) is 57.5 Å². The van der Waals surface area contributed by atoms with Crippen molar-refractivity contribution in [1.29, 1.82) is 0 Å². The van der Waals surface area contributed by atoms with Gasteiger partial charge in [-0.3, -0.25) is 9.69 Å². The molecule has 5 nitrogen and oxygen atoms in total. The number of furan rings is 1. The van der Waals surface area contributed by atoms with Crippen LogP contribution in [-0.2, 0) is 11.3 Å². The number of rotatable bonds is 7. The maximum atomic E-state index is 11.9. The van der Waals surface area contributed by atoms with Gasteiger partial charge < -0.3 is 15.1 Å². The average molecular weight is 279 g/mol. The molecule has 1 amide bonds. The third-order valence-corrected chi connectivity index (χ3v) is 3.83. The first-order valence-corrected chi connectivity index (χ1v) is 7.50. The quantitative estimate of drug-likeness (QED) is 0.788. The Morgan fingerprint density at radius 1 is 1.50 bits per heavy atom. The first-order chi connectivity index (χ1) is 9.78. The summed E-state index contributed by atoms with van der Waals surface area (Å²) in [5.41, 5.74) is 0. The van der Waals surface area contributed by atoms with E-state index in [0.717, 1.165) is 31.9 Å². The lowest BCUT2D eigenvalue weighted by atomic mass is 9.97. The van der Waals surface area contributed by atoms with E-state index in [1.807, 2.05) is 12.1 Å². The van der Waals surface area contributed by atoms with Gasteiger partial charge in [-0.05, 0) is 50.5 Å². The van der Waals surface area contributed by atoms with E-state index >= 15 is 0 Å². The fourth-order valence-corrected chi connectivity index (χ4v) is 2.59. The molecule has 112 valence electrons. The van der Waals surface area contributed by atoms with Gasteiger partial charge in [0.15, 0.2) is 0 Å². The molecule has 2 heterocycles. The Morgan fingerprint density at radius 2 is 2.30 bits per heavy atom. The Morgan fingerprint density at radius 3 is 2.95 bits per heavy atom. The van der Waals surface area contributed by atoms with Crippen molar-refractivity contribution in [3.05, 3.63) is 24.2 Å². The summed E-state index contributed by atoms with van der Waals surface area (Å²) in [6.07, 6.45) is 4.05. The largest absolute Gasteiger partial charge is 0.467 e. The number of carbonyl (C=O) groups excluding carboxylic acids is 1. The third kappa shape index (κ3) is 4.98. The highest BCUT2D eigenvalue weighted by molar-refractivity contribution is 5.77. The molecular weight excluding hydrogens is 254 g/mol. The van der Waals surface area contributed by atoms with Gasteiger partial charge in [0.2, 0.25) is 5.91 Å². The fraction of sp³-hybridized carbons (Fsp3) is 0.667. The summed E-state index contributed by atoms with van der Waals surface area (Å²) in [6.45, 7) is 7.20. The number of nitrogens with one attached hydrogen (secondary N) is 2. The van der Waals surface area contributed by atoms with Crippen molar-refractivity contribution in [3.8, 4) is 0 Å². The lowest BCUT2D eigenvalue weighted by Gasteiger charge is -2.28. The molecule has 2 N–H and O–H groups in total. The predicted octanol–water partition coefficient (Wildman–Crippen LogP) is 1.22. The third-order valence-electron chi connectivity index (χ3n) is 3.83. The van der Waals surface area contributed by atoms with Crippen LogP contribution in [0.15, 0.2) is 22.8 Å². The highest BCUT2D eigenvalue weighted by atomic mass is 16.3. The second-order valence-corrected chi connectivity index (χ2v) is 5.38. The van der Waals surface area contributed by atoms with Gasteiger partial charge in [0, 0.05) is 6.54 Å². The number of nitrogens with zero attached hydrogens (tertiary/aromatic N) is 1. The van der Waals surface area contributed by atoms with Crippen LogP contribution in [0.3, 0.4) is 0 Å². The van der Waals surface area contributed by atoms with Crippen LogP contribution in [0.25, 0.3) is 0 Å². The Labute approximate surface area is 120 Å². The lowest BCUT2D eigenvalue weighted by molar-refractivity contribution is -0.122. The Kier molecular flexibility index (Phi) is 6.08. The molecule has 0 atom stereocenters. The van der Waals surface area contributed by atoms with E-state index in [-0.39, 0.29) is 5.91 Å². The van der Waals surface area contributed by atoms with Crippen molar-refractivity contribution in [3.63, 3.8) is 0 Å². The van der Waals surface area contributed by atoms with Gasteiger partial charge in [0.25, 0.3) is 0 Å². The molecule has 0 unspecified atom stereocenters. The van der Waals surface area contributed by atoms with Crippen molar-refractivity contribution >= 4 is 5.91 Å². The molecule has 2 rings (SSSR count). The van der Waals surface area contributed by atoms with Crippen molar-refractivity contribution in [2.75, 3.05) is 32.7 Å². The summed E-state index contributed by atoms with van der Waals surface area (Å²) in [4.78, 5) is 14.2. The number of hydrogen-bond acceptors (Lipinski definition) is 4. The summed E-state index contributed by atoms with van der Waals surface area (Å²) in [5.74, 6) is 1.58. The normalized spacial score (nSPS) is 16.5. The monoisotopic (exact) mass is 279 g/mol. The molecule has 1 aromatic heterocycles. The summed E-state index contributed by atoms with van der Waals surface area (Å²) in [6, 6.07) is 3.70. The number of likely N-dealkylation sites (N-methyl/N-ethyl adjacent to an activating group) is 1. The molecule has 0 spiro atoms. The van der Waals surface area contributed by atoms with Gasteiger partial charge in [0.05, 0.1) is 19.4 Å². The van der Waals surface area contributed by atoms with Crippen molar-refractivity contribution < 1.29 is 9.21 Å². The molecule has 5 heteroatoms. The van der Waals surface area contributed by atoms with E-state index in [4.69, 9.17) is 4.42 Å². The molecule has 0 saturated carbocycles. The number of hydrogen-bond donors (Lipinski definition) is 2.